The first-order chi connectivity index (χ1) is 8.31. The van der Waals surface area contributed by atoms with Crippen molar-refractivity contribution in [3.05, 3.63) is 64.9 Å². The van der Waals surface area contributed by atoms with Crippen molar-refractivity contribution in [3.63, 3.8) is 0 Å². The van der Waals surface area contributed by atoms with E-state index in [1.54, 1.807) is 18.0 Å². The van der Waals surface area contributed by atoms with E-state index in [1.165, 1.54) is 10.5 Å². The van der Waals surface area contributed by atoms with Gasteiger partial charge in [0.25, 0.3) is 0 Å². The van der Waals surface area contributed by atoms with E-state index in [0.717, 1.165) is 5.56 Å². The van der Waals surface area contributed by atoms with E-state index < -0.39 is 0 Å². The third-order valence-electron chi connectivity index (χ3n) is 2.35. The molecule has 0 bridgehead atoms. The number of aromatic nitrogens is 1. The van der Waals surface area contributed by atoms with Crippen LogP contribution in [-0.2, 0) is 0 Å². The summed E-state index contributed by atoms with van der Waals surface area (Å²) in [6.45, 7) is 0. The van der Waals surface area contributed by atoms with Crippen molar-refractivity contribution in [3.8, 4) is 0 Å². The summed E-state index contributed by atoms with van der Waals surface area (Å²) in [7, 11) is 0. The maximum atomic E-state index is 6.05. The van der Waals surface area contributed by atoms with E-state index in [1.807, 2.05) is 30.3 Å². The van der Waals surface area contributed by atoms with Gasteiger partial charge in [-0.1, -0.05) is 48.0 Å². The van der Waals surface area contributed by atoms with Crippen molar-refractivity contribution in [1.82, 2.24) is 4.98 Å². The smallest absolute Gasteiger partial charge is 0.136 e. The molecule has 0 amide bonds. The fourth-order valence-electron chi connectivity index (χ4n) is 1.51. The van der Waals surface area contributed by atoms with Crippen LogP contribution in [0.1, 0.15) is 11.1 Å². The molecule has 0 saturated heterocycles. The van der Waals surface area contributed by atoms with Gasteiger partial charge < -0.3 is 0 Å². The molecule has 0 spiro atoms. The predicted molar refractivity (Wildman–Crippen MR) is 77.1 cm³/mol. The van der Waals surface area contributed by atoms with Gasteiger partial charge in [0.1, 0.15) is 5.15 Å². The lowest BCUT2D eigenvalue weighted by Crippen LogP contribution is -1.82. The van der Waals surface area contributed by atoms with Gasteiger partial charge >= 0.3 is 0 Å². The number of hydrogen-bond donors (Lipinski definition) is 0. The summed E-state index contributed by atoms with van der Waals surface area (Å²) in [6, 6.07) is 14.1. The summed E-state index contributed by atoms with van der Waals surface area (Å²) < 4.78 is 0. The maximum absolute atomic E-state index is 6.05. The molecule has 0 radical (unpaired) electrons. The van der Waals surface area contributed by atoms with Crippen molar-refractivity contribution >= 4 is 34.3 Å². The molecule has 1 nitrogen and oxygen atoms in total. The molecule has 1 heterocycles. The zero-order valence-electron chi connectivity index (χ0n) is 9.43. The van der Waals surface area contributed by atoms with Crippen LogP contribution in [0.3, 0.4) is 0 Å². The van der Waals surface area contributed by atoms with Gasteiger partial charge in [0.05, 0.1) is 0 Å². The van der Waals surface area contributed by atoms with Crippen LogP contribution in [0.4, 0.5) is 0 Å². The van der Waals surface area contributed by atoms with Crippen LogP contribution < -0.4 is 0 Å². The summed E-state index contributed by atoms with van der Waals surface area (Å²) in [5.41, 5.74) is 2.14. The van der Waals surface area contributed by atoms with E-state index in [2.05, 4.69) is 29.4 Å². The average molecular weight is 262 g/mol. The van der Waals surface area contributed by atoms with Crippen molar-refractivity contribution in [2.24, 2.45) is 0 Å². The molecular formula is C14H12ClNS. The fraction of sp³-hybridized carbons (Fsp3) is 0.0714. The topological polar surface area (TPSA) is 12.9 Å². The molecule has 2 aromatic rings. The van der Waals surface area contributed by atoms with Gasteiger partial charge in [0.2, 0.25) is 0 Å². The zero-order chi connectivity index (χ0) is 12.1. The average Bonchev–Trinajstić information content (AvgIpc) is 2.39. The van der Waals surface area contributed by atoms with E-state index >= 15 is 0 Å². The van der Waals surface area contributed by atoms with Gasteiger partial charge in [-0.2, -0.15) is 0 Å². The Morgan fingerprint density at radius 2 is 1.94 bits per heavy atom. The summed E-state index contributed by atoms with van der Waals surface area (Å²) in [4.78, 5) is 5.25. The molecule has 0 aliphatic rings. The Kier molecular flexibility index (Phi) is 4.24. The van der Waals surface area contributed by atoms with Crippen LogP contribution in [0.5, 0.6) is 0 Å². The Morgan fingerprint density at radius 3 is 2.59 bits per heavy atom. The highest BCUT2D eigenvalue weighted by Crippen LogP contribution is 2.28. The molecule has 86 valence electrons. The molecule has 17 heavy (non-hydrogen) atoms. The minimum absolute atomic E-state index is 0.537. The van der Waals surface area contributed by atoms with Crippen molar-refractivity contribution < 1.29 is 0 Å². The highest BCUT2D eigenvalue weighted by Gasteiger charge is 2.02. The number of nitrogens with zero attached hydrogens (tertiary/aromatic N) is 1. The fourth-order valence-corrected chi connectivity index (χ4v) is 2.30. The first kappa shape index (κ1) is 12.2. The van der Waals surface area contributed by atoms with Gasteiger partial charge in [-0.05, 0) is 24.0 Å². The van der Waals surface area contributed by atoms with E-state index in [-0.39, 0.29) is 0 Å². The zero-order valence-corrected chi connectivity index (χ0v) is 11.0. The summed E-state index contributed by atoms with van der Waals surface area (Å²) in [6.07, 6.45) is 5.82. The molecule has 0 fully saturated rings. The largest absolute Gasteiger partial charge is 0.244 e. The minimum atomic E-state index is 0.537. The molecule has 0 aliphatic heterocycles. The normalized spacial score (nSPS) is 11.5. The van der Waals surface area contributed by atoms with Crippen LogP contribution in [0.25, 0.3) is 11.0 Å². The van der Waals surface area contributed by atoms with Crippen LogP contribution in [0.15, 0.2) is 48.7 Å². The maximum Gasteiger partial charge on any atom is 0.136 e. The molecule has 1 aromatic carbocycles. The lowest BCUT2D eigenvalue weighted by molar-refractivity contribution is 1.32. The quantitative estimate of drug-likeness (QED) is 0.749. The van der Waals surface area contributed by atoms with Crippen LogP contribution in [-0.4, -0.2) is 11.2 Å². The Morgan fingerprint density at radius 1 is 1.18 bits per heavy atom. The molecule has 1 aromatic heterocycles. The van der Waals surface area contributed by atoms with Gasteiger partial charge in [-0.25, -0.2) is 4.98 Å². The number of benzene rings is 1. The third kappa shape index (κ3) is 3.11. The third-order valence-corrected chi connectivity index (χ3v) is 3.46. The predicted octanol–water partition coefficient (Wildman–Crippen LogP) is 4.60. The Labute approximate surface area is 111 Å². The Bertz CT molecular complexity index is 523. The number of pyridine rings is 1. The summed E-state index contributed by atoms with van der Waals surface area (Å²) in [5, 5.41) is 0.537. The van der Waals surface area contributed by atoms with Crippen molar-refractivity contribution in [2.45, 2.75) is 0 Å². The van der Waals surface area contributed by atoms with E-state index in [0.29, 0.717) is 5.15 Å². The van der Waals surface area contributed by atoms with Crippen LogP contribution in [0.2, 0.25) is 5.15 Å². The molecule has 3 heteroatoms. The molecule has 0 N–H and O–H groups in total. The lowest BCUT2D eigenvalue weighted by Gasteiger charge is -2.05. The summed E-state index contributed by atoms with van der Waals surface area (Å²) in [5.74, 6) is 0. The monoisotopic (exact) mass is 261 g/mol. The Balaban J connectivity index is 2.40. The first-order valence-electron chi connectivity index (χ1n) is 5.23. The van der Waals surface area contributed by atoms with Gasteiger partial charge in [-0.15, -0.1) is 11.8 Å². The minimum Gasteiger partial charge on any atom is -0.244 e. The van der Waals surface area contributed by atoms with Gasteiger partial charge in [-0.3, -0.25) is 0 Å². The standard InChI is InChI=1S/C14H12ClNS/c1-17-13(11-6-3-2-4-7-11)10-12-8-5-9-16-14(12)15/h2-10H,1H3/b13-10-. The molecular weight excluding hydrogens is 250 g/mol. The number of thioether (sulfide) groups is 1. The Hall–Kier alpha value is -1.25. The lowest BCUT2D eigenvalue weighted by atomic mass is 10.1. The van der Waals surface area contributed by atoms with E-state index in [4.69, 9.17) is 11.6 Å². The second kappa shape index (κ2) is 5.89. The van der Waals surface area contributed by atoms with Crippen molar-refractivity contribution in [1.29, 1.82) is 0 Å². The second-order valence-electron chi connectivity index (χ2n) is 3.46. The number of halogens is 1. The summed E-state index contributed by atoms with van der Waals surface area (Å²) >= 11 is 7.75. The second-order valence-corrected chi connectivity index (χ2v) is 4.67. The van der Waals surface area contributed by atoms with E-state index in [9.17, 15) is 0 Å². The first-order valence-corrected chi connectivity index (χ1v) is 6.83. The molecule has 0 unspecified atom stereocenters. The van der Waals surface area contributed by atoms with Gasteiger partial charge in [0.15, 0.2) is 0 Å². The number of hydrogen-bond acceptors (Lipinski definition) is 2. The number of rotatable bonds is 3. The molecule has 0 aliphatic carbocycles. The highest BCUT2D eigenvalue weighted by atomic mass is 35.5. The van der Waals surface area contributed by atoms with Crippen LogP contribution in [0, 0.1) is 0 Å². The van der Waals surface area contributed by atoms with Crippen molar-refractivity contribution in [2.75, 3.05) is 6.26 Å². The molecule has 0 saturated carbocycles. The van der Waals surface area contributed by atoms with Crippen LogP contribution >= 0.6 is 23.4 Å². The molecule has 2 rings (SSSR count). The highest BCUT2D eigenvalue weighted by molar-refractivity contribution is 8.07. The SMILES string of the molecule is CS/C(=C\c1cccnc1Cl)c1ccccc1. The molecule has 0 atom stereocenters. The van der Waals surface area contributed by atoms with Gasteiger partial charge in [0, 0.05) is 16.7 Å².